The lowest BCUT2D eigenvalue weighted by Crippen LogP contribution is -2.59. The average Bonchev–Trinajstić information content (AvgIpc) is 0.767. The zero-order chi connectivity index (χ0) is 80.4. The van der Waals surface area contributed by atoms with Crippen LogP contribution in [0.3, 0.4) is 0 Å². The Labute approximate surface area is 671 Å². The zero-order valence-electron chi connectivity index (χ0n) is 72.2. The van der Waals surface area contributed by atoms with Gasteiger partial charge in [-0.2, -0.15) is 0 Å². The molecule has 12 aromatic carbocycles. The van der Waals surface area contributed by atoms with Gasteiger partial charge in [0.1, 0.15) is 22.7 Å². The van der Waals surface area contributed by atoms with Crippen LogP contribution < -0.4 is 26.0 Å². The summed E-state index contributed by atoms with van der Waals surface area (Å²) in [5.74, 6) is 1.71. The van der Waals surface area contributed by atoms with Gasteiger partial charge in [0.2, 0.25) is 0 Å². The Morgan fingerprint density at radius 2 is 0.607 bits per heavy atom. The molecule has 0 fully saturated rings. The number of hydrogen-bond donors (Lipinski definition) is 0. The molecule has 0 atom stereocenters. The van der Waals surface area contributed by atoms with Crippen LogP contribution >= 0.6 is 0 Å². The van der Waals surface area contributed by atoms with Crippen LogP contribution in [0, 0.1) is 0 Å². The second-order valence-corrected chi connectivity index (χ2v) is 42.1. The Bertz CT molecular complexity index is 5700. The molecule has 1 aromatic heterocycles. The zero-order valence-corrected chi connectivity index (χ0v) is 72.2. The van der Waals surface area contributed by atoms with Crippen molar-refractivity contribution in [3.05, 3.63) is 275 Å². The van der Waals surface area contributed by atoms with Crippen molar-refractivity contribution < 1.29 is 9.15 Å². The number of fused-ring (bicyclic) bond motifs is 7. The number of anilines is 3. The van der Waals surface area contributed by atoms with Crippen molar-refractivity contribution >= 4 is 62.1 Å². The van der Waals surface area contributed by atoms with Crippen molar-refractivity contribution in [3.63, 3.8) is 0 Å². The highest BCUT2D eigenvalue weighted by Crippen LogP contribution is 2.55. The fourth-order valence-electron chi connectivity index (χ4n) is 16.6. The molecule has 112 heavy (non-hydrogen) atoms. The Morgan fingerprint density at radius 1 is 0.250 bits per heavy atom. The maximum atomic E-state index is 8.36. The normalized spacial score (nSPS) is 13.7. The van der Waals surface area contributed by atoms with Crippen LogP contribution in [-0.2, 0) is 48.7 Å². The van der Waals surface area contributed by atoms with E-state index in [-0.39, 0.29) is 55.4 Å². The summed E-state index contributed by atoms with van der Waals surface area (Å²) in [6.07, 6.45) is 0. The van der Waals surface area contributed by atoms with Crippen molar-refractivity contribution in [2.45, 2.75) is 236 Å². The number of furan rings is 1. The molecule has 2 aliphatic rings. The van der Waals surface area contributed by atoms with E-state index in [1.165, 1.54) is 66.7 Å². The second kappa shape index (κ2) is 26.9. The van der Waals surface area contributed by atoms with E-state index in [1.54, 1.807) is 0 Å². The summed E-state index contributed by atoms with van der Waals surface area (Å²) in [4.78, 5) is 2.70. The molecule has 3 heterocycles. The van der Waals surface area contributed by atoms with E-state index in [1.807, 2.05) is 0 Å². The van der Waals surface area contributed by atoms with E-state index in [4.69, 9.17) is 9.15 Å². The lowest BCUT2D eigenvalue weighted by atomic mass is 9.33. The van der Waals surface area contributed by atoms with Gasteiger partial charge in [0.05, 0.1) is 5.69 Å². The first kappa shape index (κ1) is 77.4. The molecule has 13 aromatic rings. The third kappa shape index (κ3) is 14.5. The fourth-order valence-corrected chi connectivity index (χ4v) is 16.6. The summed E-state index contributed by atoms with van der Waals surface area (Å²) in [5, 5.41) is 2.15. The molecule has 15 rings (SSSR count). The van der Waals surface area contributed by atoms with Crippen LogP contribution in [0.5, 0.6) is 11.5 Å². The van der Waals surface area contributed by atoms with Crippen LogP contribution in [0.2, 0.25) is 0 Å². The van der Waals surface area contributed by atoms with Gasteiger partial charge in [-0.15, -0.1) is 0 Å². The van der Waals surface area contributed by atoms with Crippen LogP contribution in [0.15, 0.2) is 229 Å². The topological polar surface area (TPSA) is 25.6 Å². The minimum atomic E-state index is -0.324. The summed E-state index contributed by atoms with van der Waals surface area (Å²) in [6.45, 7) is 63.2. The molecule has 0 bridgehead atoms. The van der Waals surface area contributed by atoms with Crippen LogP contribution in [0.25, 0.3) is 99.8 Å². The quantitative estimate of drug-likeness (QED) is 0.142. The third-order valence-corrected chi connectivity index (χ3v) is 24.0. The van der Waals surface area contributed by atoms with Crippen LogP contribution in [0.4, 0.5) is 17.1 Å². The van der Waals surface area contributed by atoms with Gasteiger partial charge in [0.25, 0.3) is 6.71 Å². The lowest BCUT2D eigenvalue weighted by Gasteiger charge is -2.43. The molecule has 2 aliphatic heterocycles. The van der Waals surface area contributed by atoms with Crippen LogP contribution in [-0.4, -0.2) is 6.71 Å². The van der Waals surface area contributed by atoms with E-state index >= 15 is 0 Å². The van der Waals surface area contributed by atoms with Crippen molar-refractivity contribution in [1.82, 2.24) is 0 Å². The molecule has 0 aliphatic carbocycles. The van der Waals surface area contributed by atoms with E-state index in [9.17, 15) is 0 Å². The highest BCUT2D eigenvalue weighted by atomic mass is 16.5. The predicted octanol–water partition coefficient (Wildman–Crippen LogP) is 29.3. The first-order valence-electron chi connectivity index (χ1n) is 41.0. The molecular weight excluding hydrogens is 1350 g/mol. The summed E-state index contributed by atoms with van der Waals surface area (Å²) < 4.78 is 15.6. The predicted molar refractivity (Wildman–Crippen MR) is 486 cm³/mol. The van der Waals surface area contributed by atoms with Crippen molar-refractivity contribution in [2.75, 3.05) is 4.90 Å². The molecule has 0 radical (unpaired) electrons. The maximum absolute atomic E-state index is 8.36. The Balaban J connectivity index is 1.15. The number of hydrogen-bond acceptors (Lipinski definition) is 3. The first-order chi connectivity index (χ1) is 52.1. The first-order valence-corrected chi connectivity index (χ1v) is 41.0. The smallest absolute Gasteiger partial charge is 0.256 e. The molecule has 3 nitrogen and oxygen atoms in total. The largest absolute Gasteiger partial charge is 0.458 e. The molecule has 0 saturated heterocycles. The second-order valence-electron chi connectivity index (χ2n) is 42.1. The van der Waals surface area contributed by atoms with Gasteiger partial charge in [-0.1, -0.05) is 357 Å². The number of rotatable bonds is 8. The molecule has 0 amide bonds. The van der Waals surface area contributed by atoms with Gasteiger partial charge in [-0.3, -0.25) is 0 Å². The van der Waals surface area contributed by atoms with Crippen molar-refractivity contribution in [2.24, 2.45) is 0 Å². The summed E-state index contributed by atoms with van der Waals surface area (Å²) in [5.41, 5.74) is 34.7. The van der Waals surface area contributed by atoms with Gasteiger partial charge in [-0.25, -0.2) is 0 Å². The molecule has 4 heteroatoms. The molecule has 0 spiro atoms. The Morgan fingerprint density at radius 3 is 1.05 bits per heavy atom. The number of ether oxygens (including phenoxy) is 1. The average molecular weight is 1470 g/mol. The Kier molecular flexibility index (Phi) is 18.6. The molecule has 0 saturated carbocycles. The van der Waals surface area contributed by atoms with Gasteiger partial charge >= 0.3 is 0 Å². The highest BCUT2D eigenvalue weighted by Gasteiger charge is 2.46. The molecule has 0 N–H and O–H groups in total. The summed E-state index contributed by atoms with van der Waals surface area (Å²) >= 11 is 0. The number of nitrogens with zero attached hydrogens (tertiary/aromatic N) is 1. The van der Waals surface area contributed by atoms with E-state index in [0.29, 0.717) is 0 Å². The third-order valence-electron chi connectivity index (χ3n) is 24.0. The Hall–Kier alpha value is -9.90. The molecule has 0 unspecified atom stereocenters. The standard InChI is InChI=1S/C108H118BNO2/c1-100(2,3)75-44-68(45-76(59-75)101(4,5)6)67-42-43-90-92(56-67)110(97-85(65-36-30-28-31-37-65)63-83(108(25,26)27)64-86(97)66-38-32-29-33-39-66)93-57-72(70-52-87(98-89(54-70)84-40-34-35-41-94(84)111-98)73-48-79(104(13,14)15)61-80(49-73)105(16,17)18)58-95-96(93)109(90)91-55-71(69-46-77(102(7,8)9)60-78(47-69)103(10,11)12)53-88(99(91)112-95)74-50-81(106(19,20)21)62-82(51-74)107(22,23)24/h28-64H,1-27H3. The van der Waals surface area contributed by atoms with Crippen LogP contribution in [0.1, 0.15) is 237 Å². The lowest BCUT2D eigenvalue weighted by molar-refractivity contribution is 0.489. The van der Waals surface area contributed by atoms with Gasteiger partial charge < -0.3 is 14.1 Å². The highest BCUT2D eigenvalue weighted by molar-refractivity contribution is 6.99. The SMILES string of the molecule is CC(C)(C)c1cc(-c2cc3c(c(-c4cc(C(C)(C)C)cc(C(C)(C)C)c4)c2)Oc2cc(-c4cc(-c5cc(C(C)(C)C)cc(C(C)(C)C)c5)c5oc6ccccc6c5c4)cc4c2B3c2ccc(-c3cc(C(C)(C)C)cc(C(C)(C)C)c3)cc2N4c2c(-c3ccccc3)cc(C(C)(C)C)cc2-c2ccccc2)cc(C(C)(C)C)c1. The minimum absolute atomic E-state index is 0.122. The van der Waals surface area contributed by atoms with E-state index < -0.39 is 0 Å². The summed E-state index contributed by atoms with van der Waals surface area (Å²) in [7, 11) is 0. The van der Waals surface area contributed by atoms with Gasteiger partial charge in [0, 0.05) is 44.4 Å². The maximum Gasteiger partial charge on any atom is 0.256 e. The number of benzene rings is 12. The van der Waals surface area contributed by atoms with E-state index in [2.05, 4.69) is 416 Å². The van der Waals surface area contributed by atoms with Crippen molar-refractivity contribution in [3.8, 4) is 89.4 Å². The number of para-hydroxylation sites is 1. The molecule has 570 valence electrons. The fraction of sp³-hybridized carbons (Fsp3) is 0.333. The van der Waals surface area contributed by atoms with Gasteiger partial charge in [-0.05, 0) is 225 Å². The molecular formula is C108H118BNO2. The summed E-state index contributed by atoms with van der Waals surface area (Å²) in [6, 6.07) is 87.9. The minimum Gasteiger partial charge on any atom is -0.458 e. The van der Waals surface area contributed by atoms with E-state index in [0.717, 1.165) is 128 Å². The van der Waals surface area contributed by atoms with Crippen molar-refractivity contribution in [1.29, 1.82) is 0 Å². The monoisotopic (exact) mass is 1470 g/mol. The van der Waals surface area contributed by atoms with Gasteiger partial charge in [0.15, 0.2) is 0 Å².